The summed E-state index contributed by atoms with van der Waals surface area (Å²) in [7, 11) is 0. The molecule has 2 aliphatic rings. The first-order chi connectivity index (χ1) is 26.0. The summed E-state index contributed by atoms with van der Waals surface area (Å²) in [5.74, 6) is -0.931. The molecular formula is C40H55N7O9. The third-order valence-corrected chi connectivity index (χ3v) is 8.86. The van der Waals surface area contributed by atoms with E-state index < -0.39 is 41.0 Å². The Kier molecular flexibility index (Phi) is 11.9. The van der Waals surface area contributed by atoms with Gasteiger partial charge in [0.15, 0.2) is 11.4 Å². The van der Waals surface area contributed by atoms with Crippen molar-refractivity contribution in [3.8, 4) is 11.5 Å². The number of carbonyl (C=O) groups is 4. The Morgan fingerprint density at radius 2 is 1.46 bits per heavy atom. The zero-order valence-electron chi connectivity index (χ0n) is 34.3. The fourth-order valence-electron chi connectivity index (χ4n) is 6.34. The average molecular weight is 778 g/mol. The molecule has 1 aromatic carbocycles. The van der Waals surface area contributed by atoms with Crippen LogP contribution in [0.4, 0.5) is 25.9 Å². The quantitative estimate of drug-likeness (QED) is 0.209. The normalized spacial score (nSPS) is 15.8. The minimum Gasteiger partial charge on any atom is -0.508 e. The number of nitrogens with one attached hydrogen (secondary N) is 1. The van der Waals surface area contributed by atoms with Gasteiger partial charge in [-0.1, -0.05) is 6.07 Å². The van der Waals surface area contributed by atoms with Crippen molar-refractivity contribution in [2.45, 2.75) is 137 Å². The zero-order chi connectivity index (χ0) is 41.3. The van der Waals surface area contributed by atoms with E-state index in [2.05, 4.69) is 20.6 Å². The minimum absolute atomic E-state index is 0.00911. The molecule has 0 spiro atoms. The maximum Gasteiger partial charge on any atom is 0.425 e. The number of hydrogen-bond donors (Lipinski definition) is 2. The zero-order valence-corrected chi connectivity index (χ0v) is 34.3. The summed E-state index contributed by atoms with van der Waals surface area (Å²) in [5.41, 5.74) is 0.0813. The Labute approximate surface area is 327 Å². The number of phenolic OH excluding ortho intramolecular Hbond substituents is 1. The third kappa shape index (κ3) is 10.7. The molecule has 2 fully saturated rings. The minimum atomic E-state index is -1.10. The topological polar surface area (TPSA) is 188 Å². The second-order valence-corrected chi connectivity index (χ2v) is 17.3. The number of aromatic nitrogens is 4. The molecule has 0 bridgehead atoms. The molecule has 3 heterocycles. The number of likely N-dealkylation sites (tertiary alicyclic amines) is 1. The summed E-state index contributed by atoms with van der Waals surface area (Å²) in [6.07, 6.45) is 3.03. The van der Waals surface area contributed by atoms with Crippen molar-refractivity contribution < 1.29 is 43.2 Å². The van der Waals surface area contributed by atoms with Crippen LogP contribution in [0.15, 0.2) is 30.6 Å². The first kappa shape index (κ1) is 41.7. The number of phenols is 1. The van der Waals surface area contributed by atoms with Crippen LogP contribution in [0.5, 0.6) is 11.5 Å². The third-order valence-electron chi connectivity index (χ3n) is 8.86. The van der Waals surface area contributed by atoms with Crippen LogP contribution < -0.4 is 15.0 Å². The molecule has 5 rings (SSSR count). The van der Waals surface area contributed by atoms with Gasteiger partial charge in [0.25, 0.3) is 5.91 Å². The molecule has 0 radical (unpaired) electrons. The highest BCUT2D eigenvalue weighted by molar-refractivity contribution is 6.10. The Hall–Kier alpha value is -5.41. The summed E-state index contributed by atoms with van der Waals surface area (Å²) in [6, 6.07) is 4.71. The van der Waals surface area contributed by atoms with Gasteiger partial charge in [-0.3, -0.25) is 9.48 Å². The van der Waals surface area contributed by atoms with Crippen LogP contribution in [0.3, 0.4) is 0 Å². The van der Waals surface area contributed by atoms with Crippen molar-refractivity contribution in [2.24, 2.45) is 0 Å². The monoisotopic (exact) mass is 777 g/mol. The van der Waals surface area contributed by atoms with Crippen molar-refractivity contribution >= 4 is 35.7 Å². The lowest BCUT2D eigenvalue weighted by Gasteiger charge is -2.33. The van der Waals surface area contributed by atoms with E-state index in [1.807, 2.05) is 33.8 Å². The van der Waals surface area contributed by atoms with E-state index in [4.69, 9.17) is 18.9 Å². The summed E-state index contributed by atoms with van der Waals surface area (Å²) in [5, 5.41) is 26.6. The number of piperidine rings is 1. The number of nitrogens with zero attached hydrogens (tertiary/aromatic N) is 6. The number of aromatic hydroxyl groups is 1. The predicted molar refractivity (Wildman–Crippen MR) is 207 cm³/mol. The summed E-state index contributed by atoms with van der Waals surface area (Å²) >= 11 is 0. The van der Waals surface area contributed by atoms with E-state index in [9.17, 15) is 24.3 Å². The van der Waals surface area contributed by atoms with Crippen molar-refractivity contribution in [3.05, 3.63) is 53.0 Å². The summed E-state index contributed by atoms with van der Waals surface area (Å²) in [4.78, 5) is 55.8. The van der Waals surface area contributed by atoms with Crippen molar-refractivity contribution in [2.75, 3.05) is 23.3 Å². The number of ether oxygens (including phenoxy) is 4. The van der Waals surface area contributed by atoms with Crippen LogP contribution in [0, 0.1) is 6.92 Å². The second kappa shape index (κ2) is 16.0. The van der Waals surface area contributed by atoms with Gasteiger partial charge in [0.2, 0.25) is 5.82 Å². The fraction of sp³-hybridized carbons (Fsp3) is 0.575. The van der Waals surface area contributed by atoms with Gasteiger partial charge < -0.3 is 34.3 Å². The van der Waals surface area contributed by atoms with Gasteiger partial charge in [-0.15, -0.1) is 10.2 Å². The van der Waals surface area contributed by atoms with Crippen LogP contribution >= 0.6 is 0 Å². The highest BCUT2D eigenvalue weighted by Gasteiger charge is 2.38. The Balaban J connectivity index is 1.44. The molecule has 1 aliphatic carbocycles. The Bertz CT molecular complexity index is 1920. The van der Waals surface area contributed by atoms with Crippen molar-refractivity contribution in [3.63, 3.8) is 0 Å². The number of hydrogen-bond acceptors (Lipinski definition) is 12. The number of carbonyl (C=O) groups excluding carboxylic acids is 4. The maximum absolute atomic E-state index is 13.7. The van der Waals surface area contributed by atoms with E-state index in [0.717, 1.165) is 24.0 Å². The van der Waals surface area contributed by atoms with Gasteiger partial charge in [-0.25, -0.2) is 14.4 Å². The first-order valence-electron chi connectivity index (χ1n) is 19.0. The van der Waals surface area contributed by atoms with Gasteiger partial charge in [0, 0.05) is 30.9 Å². The van der Waals surface area contributed by atoms with E-state index in [1.165, 1.54) is 12.3 Å². The Morgan fingerprint density at radius 1 is 0.875 bits per heavy atom. The molecule has 2 aromatic heterocycles. The predicted octanol–water partition coefficient (Wildman–Crippen LogP) is 8.21. The van der Waals surface area contributed by atoms with E-state index in [1.54, 1.807) is 70.3 Å². The molecular weight excluding hydrogens is 722 g/mol. The van der Waals surface area contributed by atoms with Gasteiger partial charge in [0.05, 0.1) is 17.9 Å². The van der Waals surface area contributed by atoms with E-state index in [-0.39, 0.29) is 41.1 Å². The number of aryl methyl sites for hydroxylation is 1. The molecule has 56 heavy (non-hydrogen) atoms. The standard InChI is InChI=1S/C40H55N7O9/c1-23-12-15-29(48)32(31(23)25-13-14-25)24(2)53-30-20-28(43-44-33(30)47(36(51)55-39(6,7)8)37(52)56-40(9,10)11)34(49)42-26-21-41-46(22-26)27-16-18-45(19-17-27)35(50)54-38(3,4)5/h12,15,20-22,24-25,27,48H,13-14,16-19H2,1-11H3,(H,42,49). The lowest BCUT2D eigenvalue weighted by Crippen LogP contribution is -2.44. The van der Waals surface area contributed by atoms with Crippen LogP contribution in [0.2, 0.25) is 0 Å². The summed E-state index contributed by atoms with van der Waals surface area (Å²) in [6.45, 7) is 20.0. The molecule has 1 atom stereocenters. The fourth-order valence-corrected chi connectivity index (χ4v) is 6.34. The van der Waals surface area contributed by atoms with Crippen LogP contribution in [0.1, 0.15) is 140 Å². The SMILES string of the molecule is Cc1ccc(O)c(C(C)Oc2cc(C(=O)Nc3cnn(C4CCN(C(=O)OC(C)(C)C)CC4)c3)nnc2N(C(=O)OC(C)(C)C)C(=O)OC(C)(C)C)c1C1CC1. The Morgan fingerprint density at radius 3 is 2.02 bits per heavy atom. The number of rotatable bonds is 8. The van der Waals surface area contributed by atoms with Crippen molar-refractivity contribution in [1.82, 2.24) is 24.9 Å². The van der Waals surface area contributed by atoms with Gasteiger partial charge >= 0.3 is 18.3 Å². The highest BCUT2D eigenvalue weighted by atomic mass is 16.6. The first-order valence-corrected chi connectivity index (χ1v) is 19.0. The van der Waals surface area contributed by atoms with Crippen LogP contribution in [0.25, 0.3) is 0 Å². The number of anilines is 2. The van der Waals surface area contributed by atoms with Crippen LogP contribution in [-0.2, 0) is 14.2 Å². The lowest BCUT2D eigenvalue weighted by molar-refractivity contribution is 0.0183. The molecule has 304 valence electrons. The molecule has 3 aromatic rings. The molecule has 1 aliphatic heterocycles. The molecule has 1 unspecified atom stereocenters. The molecule has 2 N–H and O–H groups in total. The van der Waals surface area contributed by atoms with Crippen LogP contribution in [-0.4, -0.2) is 84.1 Å². The molecule has 4 amide bonds. The molecule has 16 nitrogen and oxygen atoms in total. The van der Waals surface area contributed by atoms with Crippen molar-refractivity contribution in [1.29, 1.82) is 0 Å². The van der Waals surface area contributed by atoms with Gasteiger partial charge in [-0.05, 0) is 125 Å². The summed E-state index contributed by atoms with van der Waals surface area (Å²) < 4.78 is 24.9. The van der Waals surface area contributed by atoms with Gasteiger partial charge in [0.1, 0.15) is 28.7 Å². The smallest absolute Gasteiger partial charge is 0.425 e. The van der Waals surface area contributed by atoms with E-state index in [0.29, 0.717) is 42.1 Å². The largest absolute Gasteiger partial charge is 0.508 e. The number of benzene rings is 1. The molecule has 1 saturated heterocycles. The number of imide groups is 1. The van der Waals surface area contributed by atoms with Gasteiger partial charge in [-0.2, -0.15) is 10.00 Å². The molecule has 1 saturated carbocycles. The number of amides is 4. The maximum atomic E-state index is 13.7. The second-order valence-electron chi connectivity index (χ2n) is 17.3. The lowest BCUT2D eigenvalue weighted by atomic mass is 9.94. The highest BCUT2D eigenvalue weighted by Crippen LogP contribution is 2.48. The van der Waals surface area contributed by atoms with E-state index >= 15 is 0 Å². The average Bonchev–Trinajstić information content (AvgIpc) is 3.80. The molecule has 16 heteroatoms.